The number of hydrogen-bond donors (Lipinski definition) is 2. The fraction of sp³-hybridized carbons (Fsp3) is 0.100. The van der Waals surface area contributed by atoms with E-state index in [9.17, 15) is 9.18 Å². The molecule has 1 aromatic heterocycles. The predicted octanol–water partition coefficient (Wildman–Crippen LogP) is 3.07. The monoisotopic (exact) mass is 350 g/mol. The Balaban J connectivity index is 2.11. The lowest BCUT2D eigenvalue weighted by Gasteiger charge is -2.13. The zero-order chi connectivity index (χ0) is 18.7. The third-order valence-electron chi connectivity index (χ3n) is 3.98. The number of rotatable bonds is 4. The molecule has 0 atom stereocenters. The number of amides is 1. The van der Waals surface area contributed by atoms with Crippen LogP contribution >= 0.6 is 0 Å². The van der Waals surface area contributed by atoms with E-state index in [2.05, 4.69) is 4.99 Å². The Hall–Kier alpha value is -3.41. The van der Waals surface area contributed by atoms with Crippen molar-refractivity contribution in [2.24, 2.45) is 16.5 Å². The van der Waals surface area contributed by atoms with Crippen LogP contribution in [0.1, 0.15) is 5.56 Å². The topological polar surface area (TPSA) is 86.4 Å². The quantitative estimate of drug-likeness (QED) is 0.560. The van der Waals surface area contributed by atoms with Gasteiger partial charge in [0, 0.05) is 11.4 Å². The molecular formula is C20H19FN4O. The maximum Gasteiger partial charge on any atom is 0.268 e. The van der Waals surface area contributed by atoms with Crippen molar-refractivity contribution in [3.8, 4) is 22.5 Å². The van der Waals surface area contributed by atoms with E-state index in [-0.39, 0.29) is 18.3 Å². The first-order chi connectivity index (χ1) is 12.4. The molecule has 5 nitrogen and oxygen atoms in total. The molecule has 6 heteroatoms. The summed E-state index contributed by atoms with van der Waals surface area (Å²) in [5.74, 6) is -1.05. The molecule has 0 radical (unpaired) electrons. The SMILES string of the molecule is Cc1cccc(-c2ccc(-c3ccc(F)cc3)n2CC(=O)N=C(N)N)c1. The third kappa shape index (κ3) is 3.80. The van der Waals surface area contributed by atoms with Gasteiger partial charge in [0.25, 0.3) is 5.91 Å². The molecule has 132 valence electrons. The molecule has 0 saturated carbocycles. The molecule has 0 aliphatic rings. The number of benzene rings is 2. The molecule has 2 aromatic carbocycles. The van der Waals surface area contributed by atoms with Gasteiger partial charge in [0.15, 0.2) is 5.96 Å². The molecule has 1 amide bonds. The molecule has 0 unspecified atom stereocenters. The molecule has 26 heavy (non-hydrogen) atoms. The summed E-state index contributed by atoms with van der Waals surface area (Å²) in [7, 11) is 0. The minimum atomic E-state index is -0.460. The van der Waals surface area contributed by atoms with Gasteiger partial charge in [-0.15, -0.1) is 0 Å². The number of aryl methyl sites for hydroxylation is 1. The average Bonchev–Trinajstić information content (AvgIpc) is 2.98. The Morgan fingerprint density at radius 2 is 1.65 bits per heavy atom. The molecule has 0 bridgehead atoms. The first-order valence-electron chi connectivity index (χ1n) is 8.09. The summed E-state index contributed by atoms with van der Waals surface area (Å²) in [4.78, 5) is 15.8. The maximum atomic E-state index is 13.3. The van der Waals surface area contributed by atoms with Crippen LogP contribution < -0.4 is 11.5 Å². The van der Waals surface area contributed by atoms with E-state index in [0.717, 1.165) is 28.1 Å². The van der Waals surface area contributed by atoms with Gasteiger partial charge in [-0.25, -0.2) is 4.39 Å². The molecule has 0 aliphatic carbocycles. The Labute approximate surface area is 150 Å². The van der Waals surface area contributed by atoms with Crippen molar-refractivity contribution in [1.29, 1.82) is 0 Å². The highest BCUT2D eigenvalue weighted by Crippen LogP contribution is 2.29. The van der Waals surface area contributed by atoms with Crippen molar-refractivity contribution in [3.05, 3.63) is 72.0 Å². The predicted molar refractivity (Wildman–Crippen MR) is 101 cm³/mol. The lowest BCUT2D eigenvalue weighted by Crippen LogP contribution is -2.25. The number of aromatic nitrogens is 1. The van der Waals surface area contributed by atoms with Gasteiger partial charge in [-0.2, -0.15) is 4.99 Å². The Kier molecular flexibility index (Phi) is 4.84. The first kappa shape index (κ1) is 17.4. The number of carbonyl (C=O) groups excluding carboxylic acids is 1. The van der Waals surface area contributed by atoms with Gasteiger partial charge >= 0.3 is 0 Å². The number of guanidine groups is 1. The molecule has 3 aromatic rings. The second kappa shape index (κ2) is 7.23. The minimum Gasteiger partial charge on any atom is -0.370 e. The number of halogens is 1. The van der Waals surface area contributed by atoms with Crippen LogP contribution in [0.15, 0.2) is 65.7 Å². The fourth-order valence-corrected chi connectivity index (χ4v) is 2.88. The second-order valence-corrected chi connectivity index (χ2v) is 6.00. The van der Waals surface area contributed by atoms with E-state index >= 15 is 0 Å². The van der Waals surface area contributed by atoms with E-state index in [1.807, 2.05) is 47.9 Å². The van der Waals surface area contributed by atoms with Crippen molar-refractivity contribution in [2.45, 2.75) is 13.5 Å². The highest BCUT2D eigenvalue weighted by molar-refractivity contribution is 5.92. The molecule has 3 rings (SSSR count). The van der Waals surface area contributed by atoms with Gasteiger partial charge in [-0.3, -0.25) is 4.79 Å². The number of nitrogens with zero attached hydrogens (tertiary/aromatic N) is 2. The lowest BCUT2D eigenvalue weighted by atomic mass is 10.1. The van der Waals surface area contributed by atoms with Gasteiger partial charge in [0.2, 0.25) is 0 Å². The number of carbonyl (C=O) groups is 1. The van der Waals surface area contributed by atoms with Gasteiger partial charge in [0.05, 0.1) is 0 Å². The van der Waals surface area contributed by atoms with Crippen LogP contribution in [-0.2, 0) is 11.3 Å². The minimum absolute atomic E-state index is 0.0269. The summed E-state index contributed by atoms with van der Waals surface area (Å²) >= 11 is 0. The van der Waals surface area contributed by atoms with Gasteiger partial charge in [0.1, 0.15) is 12.4 Å². The van der Waals surface area contributed by atoms with Crippen molar-refractivity contribution >= 4 is 11.9 Å². The summed E-state index contributed by atoms with van der Waals surface area (Å²) < 4.78 is 15.1. The van der Waals surface area contributed by atoms with Crippen molar-refractivity contribution in [3.63, 3.8) is 0 Å². The van der Waals surface area contributed by atoms with Gasteiger partial charge in [-0.05, 0) is 60.5 Å². The van der Waals surface area contributed by atoms with Crippen molar-refractivity contribution in [1.82, 2.24) is 4.57 Å². The van der Waals surface area contributed by atoms with E-state index in [4.69, 9.17) is 11.5 Å². The lowest BCUT2D eigenvalue weighted by molar-refractivity contribution is -0.118. The third-order valence-corrected chi connectivity index (χ3v) is 3.98. The standard InChI is InChI=1S/C20H19FN4O/c1-13-3-2-4-15(11-13)18-10-9-17(14-5-7-16(21)8-6-14)25(18)12-19(26)24-20(22)23/h2-11H,12H2,1H3,(H4,22,23,24,26). The molecular weight excluding hydrogens is 331 g/mol. The zero-order valence-corrected chi connectivity index (χ0v) is 14.3. The van der Waals surface area contributed by atoms with E-state index in [1.165, 1.54) is 12.1 Å². The summed E-state index contributed by atoms with van der Waals surface area (Å²) in [6.07, 6.45) is 0. The molecule has 0 aliphatic heterocycles. The van der Waals surface area contributed by atoms with Crippen LogP contribution in [0.25, 0.3) is 22.5 Å². The van der Waals surface area contributed by atoms with Crippen LogP contribution in [0.2, 0.25) is 0 Å². The summed E-state index contributed by atoms with van der Waals surface area (Å²) in [5.41, 5.74) is 15.1. The summed E-state index contributed by atoms with van der Waals surface area (Å²) in [6.45, 7) is 1.98. The average molecular weight is 350 g/mol. The maximum absolute atomic E-state index is 13.3. The fourth-order valence-electron chi connectivity index (χ4n) is 2.88. The van der Waals surface area contributed by atoms with E-state index in [1.54, 1.807) is 12.1 Å². The Morgan fingerprint density at radius 3 is 2.27 bits per heavy atom. The number of hydrogen-bond acceptors (Lipinski definition) is 1. The summed E-state index contributed by atoms with van der Waals surface area (Å²) in [6, 6.07) is 17.9. The Morgan fingerprint density at radius 1 is 1.00 bits per heavy atom. The first-order valence-corrected chi connectivity index (χ1v) is 8.09. The van der Waals surface area contributed by atoms with Gasteiger partial charge in [-0.1, -0.05) is 23.8 Å². The Bertz CT molecular complexity index is 970. The van der Waals surface area contributed by atoms with Crippen LogP contribution in [0, 0.1) is 12.7 Å². The number of aliphatic imine (C=N–C) groups is 1. The van der Waals surface area contributed by atoms with Crippen LogP contribution in [0.5, 0.6) is 0 Å². The zero-order valence-electron chi connectivity index (χ0n) is 14.3. The van der Waals surface area contributed by atoms with E-state index < -0.39 is 5.91 Å². The molecule has 0 saturated heterocycles. The highest BCUT2D eigenvalue weighted by Gasteiger charge is 2.15. The smallest absolute Gasteiger partial charge is 0.268 e. The molecule has 4 N–H and O–H groups in total. The van der Waals surface area contributed by atoms with Crippen LogP contribution in [0.3, 0.4) is 0 Å². The molecule has 1 heterocycles. The van der Waals surface area contributed by atoms with Gasteiger partial charge < -0.3 is 16.0 Å². The van der Waals surface area contributed by atoms with Crippen LogP contribution in [-0.4, -0.2) is 16.4 Å². The summed E-state index contributed by atoms with van der Waals surface area (Å²) in [5, 5.41) is 0. The van der Waals surface area contributed by atoms with Crippen molar-refractivity contribution < 1.29 is 9.18 Å². The van der Waals surface area contributed by atoms with E-state index in [0.29, 0.717) is 0 Å². The number of nitrogens with two attached hydrogens (primary N) is 2. The molecule has 0 fully saturated rings. The van der Waals surface area contributed by atoms with Crippen molar-refractivity contribution in [2.75, 3.05) is 0 Å². The normalized spacial score (nSPS) is 10.5. The largest absolute Gasteiger partial charge is 0.370 e. The highest BCUT2D eigenvalue weighted by atomic mass is 19.1. The molecule has 0 spiro atoms. The van der Waals surface area contributed by atoms with Crippen LogP contribution in [0.4, 0.5) is 4.39 Å². The second-order valence-electron chi connectivity index (χ2n) is 6.00.